The van der Waals surface area contributed by atoms with E-state index in [2.05, 4.69) is 37.2 Å². The number of amides is 9. The molecular weight excluding hydrogens is 774 g/mol. The Morgan fingerprint density at radius 2 is 1.32 bits per heavy atom. The highest BCUT2D eigenvalue weighted by atomic mass is 16.3. The normalized spacial score (nSPS) is 14.5. The first-order valence-electron chi connectivity index (χ1n) is 19.0. The van der Waals surface area contributed by atoms with Gasteiger partial charge in [-0.2, -0.15) is 0 Å². The number of likely N-dealkylation sites (N-methyl/N-ethyl adjacent to an activating group) is 2. The molecule has 59 heavy (non-hydrogen) atoms. The Labute approximate surface area is 342 Å². The minimum atomic E-state index is -1.70. The molecule has 0 aromatic heterocycles. The molecule has 0 aliphatic rings. The molecule has 0 heterocycles. The van der Waals surface area contributed by atoms with Gasteiger partial charge in [0.15, 0.2) is 0 Å². The number of hydrogen-bond donors (Lipinski definition) is 12. The molecule has 0 bridgehead atoms. The van der Waals surface area contributed by atoms with Gasteiger partial charge in [0.2, 0.25) is 53.2 Å². The maximum Gasteiger partial charge on any atom is 0.246 e. The lowest BCUT2D eigenvalue weighted by Gasteiger charge is -2.28. The Kier molecular flexibility index (Phi) is 22.1. The van der Waals surface area contributed by atoms with E-state index in [-0.39, 0.29) is 31.1 Å². The van der Waals surface area contributed by atoms with E-state index in [0.717, 1.165) is 4.90 Å². The molecule has 1 aromatic carbocycles. The van der Waals surface area contributed by atoms with Crippen LogP contribution in [0.5, 0.6) is 5.75 Å². The smallest absolute Gasteiger partial charge is 0.246 e. The fraction of sp³-hybridized carbons (Fsp3) is 0.595. The highest BCUT2D eigenvalue weighted by molar-refractivity contribution is 5.98. The van der Waals surface area contributed by atoms with Gasteiger partial charge in [0.1, 0.15) is 36.0 Å². The van der Waals surface area contributed by atoms with Gasteiger partial charge in [0, 0.05) is 13.6 Å². The molecule has 0 unspecified atom stereocenters. The summed E-state index contributed by atoms with van der Waals surface area (Å²) in [4.78, 5) is 116. The zero-order chi connectivity index (χ0) is 45.0. The lowest BCUT2D eigenvalue weighted by molar-refractivity contribution is -0.140. The molecule has 7 atom stereocenters. The molecule has 22 nitrogen and oxygen atoms in total. The summed E-state index contributed by atoms with van der Waals surface area (Å²) in [6, 6.07) is -2.06. The minimum absolute atomic E-state index is 0.0291. The third-order valence-electron chi connectivity index (χ3n) is 8.95. The van der Waals surface area contributed by atoms with Crippen LogP contribution in [0, 0.1) is 11.8 Å². The number of carbonyl (C=O) groups is 9. The Morgan fingerprint density at radius 3 is 1.85 bits per heavy atom. The second-order valence-electron chi connectivity index (χ2n) is 14.6. The van der Waals surface area contributed by atoms with Gasteiger partial charge in [-0.05, 0) is 49.4 Å². The first-order chi connectivity index (χ1) is 27.6. The fourth-order valence-corrected chi connectivity index (χ4v) is 5.56. The van der Waals surface area contributed by atoms with Crippen molar-refractivity contribution in [3.05, 3.63) is 29.8 Å². The van der Waals surface area contributed by atoms with Crippen LogP contribution < -0.4 is 54.4 Å². The highest BCUT2D eigenvalue weighted by Gasteiger charge is 2.34. The predicted octanol–water partition coefficient (Wildman–Crippen LogP) is -5.07. The number of phenols is 1. The summed E-state index contributed by atoms with van der Waals surface area (Å²) in [5.41, 5.74) is 17.2. The summed E-state index contributed by atoms with van der Waals surface area (Å²) < 4.78 is 0. The molecule has 0 saturated heterocycles. The van der Waals surface area contributed by atoms with Crippen molar-refractivity contribution < 1.29 is 53.4 Å². The number of rotatable bonds is 26. The zero-order valence-corrected chi connectivity index (χ0v) is 34.3. The van der Waals surface area contributed by atoms with Crippen molar-refractivity contribution in [1.29, 1.82) is 0 Å². The Bertz CT molecular complexity index is 1630. The SMILES string of the molecule is CC[C@H](C)[C@H](NC(=O)[C@@H](N)Cc1ccc(O)cc1)C(=O)N[C@@H](CO)C(=O)N[C@@H](CC(N)=O)C(=O)N[C@@H](CNC)C(=O)N(C)CC(=O)N[C@@H](CC(C)C)C(=O)NCC(N)=O. The number of nitrogens with two attached hydrogens (primary N) is 3. The molecular formula is C37H61N11O11. The van der Waals surface area contributed by atoms with Crippen LogP contribution in [0.2, 0.25) is 0 Å². The molecule has 0 radical (unpaired) electrons. The van der Waals surface area contributed by atoms with Gasteiger partial charge in [0.05, 0.1) is 32.2 Å². The number of aliphatic hydroxyl groups is 1. The minimum Gasteiger partial charge on any atom is -0.508 e. The summed E-state index contributed by atoms with van der Waals surface area (Å²) in [7, 11) is 2.73. The molecule has 0 spiro atoms. The third kappa shape index (κ3) is 18.5. The largest absolute Gasteiger partial charge is 0.508 e. The summed E-state index contributed by atoms with van der Waals surface area (Å²) in [5, 5.41) is 36.8. The van der Waals surface area contributed by atoms with E-state index >= 15 is 0 Å². The number of benzene rings is 1. The Balaban J connectivity index is 3.08. The van der Waals surface area contributed by atoms with E-state index in [1.807, 2.05) is 0 Å². The van der Waals surface area contributed by atoms with Crippen LogP contribution in [0.25, 0.3) is 0 Å². The van der Waals surface area contributed by atoms with Crippen LogP contribution in [0.3, 0.4) is 0 Å². The van der Waals surface area contributed by atoms with Crippen molar-refractivity contribution in [3.8, 4) is 5.75 Å². The topological polar surface area (TPSA) is 360 Å². The van der Waals surface area contributed by atoms with Crippen molar-refractivity contribution in [1.82, 2.24) is 42.1 Å². The molecule has 0 aliphatic carbocycles. The lowest BCUT2D eigenvalue weighted by atomic mass is 9.97. The molecule has 0 aliphatic heterocycles. The van der Waals surface area contributed by atoms with E-state index in [1.54, 1.807) is 39.8 Å². The Hall–Kier alpha value is -5.87. The van der Waals surface area contributed by atoms with E-state index < -0.39 is 121 Å². The molecule has 1 aromatic rings. The molecule has 9 amide bonds. The first-order valence-corrected chi connectivity index (χ1v) is 19.0. The standard InChI is InChI=1S/C37H61N11O11/c1-7-20(4)31(47-32(54)23(38)13-21-8-10-22(50)11-9-21)36(58)46-27(18-49)35(57)44-25(14-28(39)51)34(56)45-26(15-41-5)37(59)48(6)17-30(53)43-24(12-19(2)3)33(55)42-16-29(40)52/h8-11,19-20,23-27,31,41,49-50H,7,12-18,38H2,1-6H3,(H2,39,51)(H2,40,52)(H,42,55)(H,43,53)(H,44,57)(H,45,56)(H,46,58)(H,47,54)/t20-,23-,24-,25-,26-,27-,31-/m0/s1. The molecule has 15 N–H and O–H groups in total. The van der Waals surface area contributed by atoms with Crippen LogP contribution in [0.1, 0.15) is 52.5 Å². The van der Waals surface area contributed by atoms with Crippen molar-refractivity contribution in [2.24, 2.45) is 29.0 Å². The molecule has 0 saturated carbocycles. The fourth-order valence-electron chi connectivity index (χ4n) is 5.56. The Morgan fingerprint density at radius 1 is 0.746 bits per heavy atom. The lowest BCUT2D eigenvalue weighted by Crippen LogP contribution is -2.61. The summed E-state index contributed by atoms with van der Waals surface area (Å²) in [5.74, 6) is -8.19. The van der Waals surface area contributed by atoms with Crippen molar-refractivity contribution >= 4 is 53.2 Å². The van der Waals surface area contributed by atoms with Crippen LogP contribution in [-0.4, -0.2) is 145 Å². The highest BCUT2D eigenvalue weighted by Crippen LogP contribution is 2.13. The number of carbonyl (C=O) groups excluding carboxylic acids is 9. The second-order valence-corrected chi connectivity index (χ2v) is 14.6. The van der Waals surface area contributed by atoms with E-state index in [4.69, 9.17) is 17.2 Å². The second kappa shape index (κ2) is 25.5. The average molecular weight is 836 g/mol. The van der Waals surface area contributed by atoms with Crippen molar-refractivity contribution in [3.63, 3.8) is 0 Å². The van der Waals surface area contributed by atoms with Gasteiger partial charge >= 0.3 is 0 Å². The number of primary amides is 2. The van der Waals surface area contributed by atoms with Crippen molar-refractivity contribution in [2.75, 3.05) is 40.3 Å². The quantitative estimate of drug-likeness (QED) is 0.0416. The maximum atomic E-state index is 13.5. The van der Waals surface area contributed by atoms with E-state index in [9.17, 15) is 53.4 Å². The molecule has 22 heteroatoms. The van der Waals surface area contributed by atoms with Crippen molar-refractivity contribution in [2.45, 2.75) is 89.6 Å². The number of nitrogens with one attached hydrogen (secondary N) is 7. The van der Waals surface area contributed by atoms with Gasteiger partial charge < -0.3 is 69.5 Å². The summed E-state index contributed by atoms with van der Waals surface area (Å²) in [6.45, 7) is 4.88. The van der Waals surface area contributed by atoms with Gasteiger partial charge in [-0.25, -0.2) is 0 Å². The number of aromatic hydroxyl groups is 1. The van der Waals surface area contributed by atoms with Crippen LogP contribution in [0.4, 0.5) is 0 Å². The van der Waals surface area contributed by atoms with Crippen LogP contribution in [-0.2, 0) is 49.6 Å². The number of nitrogens with zero attached hydrogens (tertiary/aromatic N) is 1. The van der Waals surface area contributed by atoms with Crippen LogP contribution in [0.15, 0.2) is 24.3 Å². The van der Waals surface area contributed by atoms with Gasteiger partial charge in [-0.15, -0.1) is 0 Å². The van der Waals surface area contributed by atoms with Gasteiger partial charge in [0.25, 0.3) is 0 Å². The summed E-state index contributed by atoms with van der Waals surface area (Å²) >= 11 is 0. The number of phenolic OH excluding ortho intramolecular Hbond substituents is 1. The zero-order valence-electron chi connectivity index (χ0n) is 34.3. The van der Waals surface area contributed by atoms with Gasteiger partial charge in [-0.1, -0.05) is 46.2 Å². The predicted molar refractivity (Wildman–Crippen MR) is 213 cm³/mol. The van der Waals surface area contributed by atoms with Gasteiger partial charge in [-0.3, -0.25) is 43.2 Å². The van der Waals surface area contributed by atoms with E-state index in [1.165, 1.54) is 26.2 Å². The number of hydrogen-bond acceptors (Lipinski definition) is 13. The maximum absolute atomic E-state index is 13.5. The molecule has 0 fully saturated rings. The third-order valence-corrected chi connectivity index (χ3v) is 8.95. The number of aliphatic hydroxyl groups excluding tert-OH is 1. The molecule has 1 rings (SSSR count). The molecule has 330 valence electrons. The van der Waals surface area contributed by atoms with E-state index in [0.29, 0.717) is 12.0 Å². The first kappa shape index (κ1) is 51.1. The summed E-state index contributed by atoms with van der Waals surface area (Å²) in [6.07, 6.45) is -0.0735. The monoisotopic (exact) mass is 835 g/mol. The average Bonchev–Trinajstić information content (AvgIpc) is 3.16. The van der Waals surface area contributed by atoms with Crippen LogP contribution >= 0.6 is 0 Å².